The van der Waals surface area contributed by atoms with Gasteiger partial charge in [0.1, 0.15) is 0 Å². The van der Waals surface area contributed by atoms with Crippen LogP contribution in [0.5, 0.6) is 0 Å². The van der Waals surface area contributed by atoms with Gasteiger partial charge in [0, 0.05) is 40.4 Å². The summed E-state index contributed by atoms with van der Waals surface area (Å²) in [5.41, 5.74) is 5.36. The second-order valence-electron chi connectivity index (χ2n) is 7.57. The van der Waals surface area contributed by atoms with E-state index in [1.54, 1.807) is 28.9 Å². The Kier molecular flexibility index (Phi) is 6.79. The van der Waals surface area contributed by atoms with Crippen molar-refractivity contribution in [3.63, 3.8) is 0 Å². The monoisotopic (exact) mass is 420 g/mol. The fourth-order valence-corrected chi connectivity index (χ4v) is 3.34. The molecule has 0 aliphatic rings. The first-order valence-electron chi connectivity index (χ1n) is 10.3. The highest BCUT2D eigenvalue weighted by Crippen LogP contribution is 2.18. The maximum absolute atomic E-state index is 12.6. The summed E-state index contributed by atoms with van der Waals surface area (Å²) in [6.07, 6.45) is 1.06. The Labute approximate surface area is 182 Å². The Bertz CT molecular complexity index is 1080. The number of hydrogen-bond acceptors (Lipinski definition) is 5. The number of rotatable bonds is 7. The lowest BCUT2D eigenvalue weighted by atomic mass is 10.1. The molecular formula is C23H28N6O2. The summed E-state index contributed by atoms with van der Waals surface area (Å²) in [6.45, 7) is 10.2. The van der Waals surface area contributed by atoms with Crippen LogP contribution in [0, 0.1) is 27.7 Å². The molecule has 2 aromatic heterocycles. The lowest BCUT2D eigenvalue weighted by molar-refractivity contribution is -0.115. The van der Waals surface area contributed by atoms with E-state index in [1.807, 2.05) is 40.7 Å². The quantitative estimate of drug-likeness (QED) is 0.611. The van der Waals surface area contributed by atoms with Gasteiger partial charge in [-0.05, 0) is 64.4 Å². The summed E-state index contributed by atoms with van der Waals surface area (Å²) in [5.74, 6) is 0.226. The number of nitrogens with zero attached hydrogens (tertiary/aromatic N) is 4. The lowest BCUT2D eigenvalue weighted by Crippen LogP contribution is -2.23. The zero-order valence-electron chi connectivity index (χ0n) is 18.6. The van der Waals surface area contributed by atoms with Crippen molar-refractivity contribution in [2.75, 3.05) is 11.9 Å². The molecule has 2 amide bonds. The van der Waals surface area contributed by atoms with E-state index >= 15 is 0 Å². The minimum atomic E-state index is -0.157. The summed E-state index contributed by atoms with van der Waals surface area (Å²) in [6, 6.07) is 8.76. The summed E-state index contributed by atoms with van der Waals surface area (Å²) in [5, 5.41) is 10.3. The molecule has 1 aromatic carbocycles. The number of nitrogens with one attached hydrogen (secondary N) is 2. The standard InChI is InChI=1S/C23H28N6O2/c1-6-11-24-22(31)18-7-9-19(10-8-18)27-21(30)13-20-16(4)28-29(17(20)5)23-25-14(2)12-15(3)26-23/h7-10,12H,6,11,13H2,1-5H3,(H,24,31)(H,27,30). The van der Waals surface area contributed by atoms with Crippen LogP contribution in [-0.4, -0.2) is 38.1 Å². The van der Waals surface area contributed by atoms with Gasteiger partial charge in [-0.2, -0.15) is 5.10 Å². The molecule has 8 heteroatoms. The van der Waals surface area contributed by atoms with Crippen LogP contribution in [0.1, 0.15) is 52.0 Å². The Hall–Kier alpha value is -3.55. The van der Waals surface area contributed by atoms with Crippen LogP contribution >= 0.6 is 0 Å². The minimum Gasteiger partial charge on any atom is -0.352 e. The smallest absolute Gasteiger partial charge is 0.251 e. The number of benzene rings is 1. The molecule has 8 nitrogen and oxygen atoms in total. The maximum atomic E-state index is 12.6. The first-order chi connectivity index (χ1) is 14.8. The Morgan fingerprint density at radius 3 is 2.26 bits per heavy atom. The summed E-state index contributed by atoms with van der Waals surface area (Å²) in [4.78, 5) is 33.6. The van der Waals surface area contributed by atoms with Crippen LogP contribution in [0.2, 0.25) is 0 Å². The molecule has 0 saturated heterocycles. The summed E-state index contributed by atoms with van der Waals surface area (Å²) in [7, 11) is 0. The van der Waals surface area contributed by atoms with E-state index in [2.05, 4.69) is 25.7 Å². The van der Waals surface area contributed by atoms with Crippen LogP contribution in [0.15, 0.2) is 30.3 Å². The Morgan fingerprint density at radius 1 is 1.00 bits per heavy atom. The summed E-state index contributed by atoms with van der Waals surface area (Å²) >= 11 is 0. The normalized spacial score (nSPS) is 10.7. The predicted molar refractivity (Wildman–Crippen MR) is 120 cm³/mol. The molecule has 2 N–H and O–H groups in total. The fraction of sp³-hybridized carbons (Fsp3) is 0.348. The zero-order valence-corrected chi connectivity index (χ0v) is 18.6. The van der Waals surface area contributed by atoms with E-state index in [-0.39, 0.29) is 18.2 Å². The number of carbonyl (C=O) groups excluding carboxylic acids is 2. The van der Waals surface area contributed by atoms with Gasteiger partial charge in [0.05, 0.1) is 12.1 Å². The van der Waals surface area contributed by atoms with Crippen LogP contribution in [0.3, 0.4) is 0 Å². The van der Waals surface area contributed by atoms with Gasteiger partial charge in [-0.25, -0.2) is 14.6 Å². The third kappa shape index (κ3) is 5.33. The average molecular weight is 421 g/mol. The molecule has 0 radical (unpaired) electrons. The van der Waals surface area contributed by atoms with E-state index in [4.69, 9.17) is 0 Å². The highest BCUT2D eigenvalue weighted by molar-refractivity contribution is 5.96. The number of aromatic nitrogens is 4. The molecule has 0 saturated carbocycles. The van der Waals surface area contributed by atoms with Gasteiger partial charge in [0.2, 0.25) is 5.91 Å². The van der Waals surface area contributed by atoms with Crippen molar-refractivity contribution >= 4 is 17.5 Å². The summed E-state index contributed by atoms with van der Waals surface area (Å²) < 4.78 is 1.68. The minimum absolute atomic E-state index is 0.119. The van der Waals surface area contributed by atoms with E-state index in [0.717, 1.165) is 34.8 Å². The third-order valence-corrected chi connectivity index (χ3v) is 4.90. The highest BCUT2D eigenvalue weighted by atomic mass is 16.2. The molecule has 0 atom stereocenters. The van der Waals surface area contributed by atoms with Crippen LogP contribution in [0.25, 0.3) is 5.95 Å². The van der Waals surface area contributed by atoms with Crippen molar-refractivity contribution in [1.29, 1.82) is 0 Å². The molecule has 31 heavy (non-hydrogen) atoms. The SMILES string of the molecule is CCCNC(=O)c1ccc(NC(=O)Cc2c(C)nn(-c3nc(C)cc(C)n3)c2C)cc1. The molecule has 0 aliphatic carbocycles. The van der Waals surface area contributed by atoms with Crippen molar-refractivity contribution in [2.45, 2.75) is 47.5 Å². The molecule has 0 unspecified atom stereocenters. The van der Waals surface area contributed by atoms with Gasteiger partial charge < -0.3 is 10.6 Å². The maximum Gasteiger partial charge on any atom is 0.251 e. The molecule has 2 heterocycles. The second kappa shape index (κ2) is 9.51. The molecule has 0 fully saturated rings. The second-order valence-corrected chi connectivity index (χ2v) is 7.57. The zero-order chi connectivity index (χ0) is 22.5. The Balaban J connectivity index is 1.71. The molecule has 0 aliphatic heterocycles. The number of amides is 2. The van der Waals surface area contributed by atoms with Crippen molar-refractivity contribution in [2.24, 2.45) is 0 Å². The van der Waals surface area contributed by atoms with Gasteiger partial charge >= 0.3 is 0 Å². The third-order valence-electron chi connectivity index (χ3n) is 4.90. The molecule has 0 spiro atoms. The highest BCUT2D eigenvalue weighted by Gasteiger charge is 2.18. The Morgan fingerprint density at radius 2 is 1.65 bits per heavy atom. The van der Waals surface area contributed by atoms with E-state index in [9.17, 15) is 9.59 Å². The van der Waals surface area contributed by atoms with Gasteiger partial charge in [-0.1, -0.05) is 6.92 Å². The van der Waals surface area contributed by atoms with E-state index in [1.165, 1.54) is 0 Å². The van der Waals surface area contributed by atoms with Crippen molar-refractivity contribution < 1.29 is 9.59 Å². The molecule has 3 aromatic rings. The van der Waals surface area contributed by atoms with Crippen LogP contribution in [0.4, 0.5) is 5.69 Å². The first-order valence-corrected chi connectivity index (χ1v) is 10.3. The largest absolute Gasteiger partial charge is 0.352 e. The first kappa shape index (κ1) is 22.1. The fourth-order valence-electron chi connectivity index (χ4n) is 3.34. The van der Waals surface area contributed by atoms with Crippen LogP contribution < -0.4 is 10.6 Å². The van der Waals surface area contributed by atoms with Crippen molar-refractivity contribution in [3.8, 4) is 5.95 Å². The van der Waals surface area contributed by atoms with Gasteiger partial charge in [-0.15, -0.1) is 0 Å². The average Bonchev–Trinajstić information content (AvgIpc) is 3.00. The van der Waals surface area contributed by atoms with Gasteiger partial charge in [-0.3, -0.25) is 9.59 Å². The van der Waals surface area contributed by atoms with E-state index < -0.39 is 0 Å². The molecule has 3 rings (SSSR count). The number of carbonyl (C=O) groups is 2. The molecule has 162 valence electrons. The predicted octanol–water partition coefficient (Wildman–Crippen LogP) is 3.22. The number of anilines is 1. The topological polar surface area (TPSA) is 102 Å². The van der Waals surface area contributed by atoms with Crippen LogP contribution in [-0.2, 0) is 11.2 Å². The van der Waals surface area contributed by atoms with Crippen molar-refractivity contribution in [3.05, 3.63) is 64.2 Å². The number of aryl methyl sites for hydroxylation is 3. The molecule has 0 bridgehead atoms. The molecular weight excluding hydrogens is 392 g/mol. The van der Waals surface area contributed by atoms with Gasteiger partial charge in [0.25, 0.3) is 11.9 Å². The van der Waals surface area contributed by atoms with Gasteiger partial charge in [0.15, 0.2) is 0 Å². The van der Waals surface area contributed by atoms with E-state index in [0.29, 0.717) is 23.7 Å². The lowest BCUT2D eigenvalue weighted by Gasteiger charge is -2.08. The number of hydrogen-bond donors (Lipinski definition) is 2. The van der Waals surface area contributed by atoms with Crippen molar-refractivity contribution in [1.82, 2.24) is 25.1 Å².